The first-order chi connectivity index (χ1) is 10.6. The van der Waals surface area contributed by atoms with Crippen molar-refractivity contribution in [2.45, 2.75) is 6.92 Å². The molecule has 2 heterocycles. The zero-order valence-electron chi connectivity index (χ0n) is 11.9. The van der Waals surface area contributed by atoms with Crippen LogP contribution in [0.3, 0.4) is 0 Å². The Kier molecular flexibility index (Phi) is 2.56. The zero-order chi connectivity index (χ0) is 15.3. The fraction of sp³-hybridized carbons (Fsp3) is 0.0588. The third-order valence-electron chi connectivity index (χ3n) is 3.75. The van der Waals surface area contributed by atoms with Crippen molar-refractivity contribution in [1.29, 1.82) is 0 Å². The fourth-order valence-corrected chi connectivity index (χ4v) is 2.72. The van der Waals surface area contributed by atoms with Gasteiger partial charge in [-0.05, 0) is 43.3 Å². The molecule has 0 aliphatic carbocycles. The normalized spacial score (nSPS) is 11.3. The molecule has 0 aliphatic rings. The van der Waals surface area contributed by atoms with Gasteiger partial charge in [-0.1, -0.05) is 12.1 Å². The summed E-state index contributed by atoms with van der Waals surface area (Å²) >= 11 is 0. The van der Waals surface area contributed by atoms with Crippen LogP contribution in [0.2, 0.25) is 0 Å². The molecule has 0 spiro atoms. The molecular formula is C17H13N3O2. The topological polar surface area (TPSA) is 74.1 Å². The van der Waals surface area contributed by atoms with Crippen LogP contribution in [-0.2, 0) is 0 Å². The zero-order valence-corrected chi connectivity index (χ0v) is 11.9. The fourth-order valence-electron chi connectivity index (χ4n) is 2.72. The van der Waals surface area contributed by atoms with Crippen LogP contribution in [0.5, 0.6) is 0 Å². The van der Waals surface area contributed by atoms with Gasteiger partial charge in [0.25, 0.3) is 0 Å². The van der Waals surface area contributed by atoms with Crippen molar-refractivity contribution in [3.8, 4) is 5.69 Å². The number of rotatable bonds is 1. The van der Waals surface area contributed by atoms with E-state index in [2.05, 4.69) is 5.10 Å². The molecule has 4 aromatic rings. The van der Waals surface area contributed by atoms with E-state index in [1.165, 1.54) is 0 Å². The summed E-state index contributed by atoms with van der Waals surface area (Å²) in [7, 11) is 0. The summed E-state index contributed by atoms with van der Waals surface area (Å²) < 4.78 is 7.16. The Balaban J connectivity index is 2.20. The number of nitrogens with two attached hydrogens (primary N) is 1. The molecule has 0 bridgehead atoms. The van der Waals surface area contributed by atoms with Gasteiger partial charge in [0.2, 0.25) is 0 Å². The highest BCUT2D eigenvalue weighted by atomic mass is 16.4. The van der Waals surface area contributed by atoms with E-state index in [-0.39, 0.29) is 5.63 Å². The first-order valence-corrected chi connectivity index (χ1v) is 6.92. The number of para-hydroxylation sites is 1. The van der Waals surface area contributed by atoms with Crippen LogP contribution in [0.1, 0.15) is 5.69 Å². The first kappa shape index (κ1) is 12.6. The molecule has 2 N–H and O–H groups in total. The number of aryl methyl sites for hydroxylation is 1. The predicted octanol–water partition coefficient (Wildman–Crippen LogP) is 3.02. The predicted molar refractivity (Wildman–Crippen MR) is 86.3 cm³/mol. The molecule has 0 amide bonds. The van der Waals surface area contributed by atoms with Gasteiger partial charge in [0.1, 0.15) is 11.0 Å². The van der Waals surface area contributed by atoms with Crippen molar-refractivity contribution in [1.82, 2.24) is 9.78 Å². The minimum atomic E-state index is -0.368. The lowest BCUT2D eigenvalue weighted by atomic mass is 10.1. The number of aromatic nitrogens is 2. The first-order valence-electron chi connectivity index (χ1n) is 6.92. The molecule has 22 heavy (non-hydrogen) atoms. The summed E-state index contributed by atoms with van der Waals surface area (Å²) in [4.78, 5) is 12.3. The number of nitrogen functional groups attached to an aromatic ring is 1. The summed E-state index contributed by atoms with van der Waals surface area (Å²) in [5.41, 5.74) is 8.86. The molecule has 4 rings (SSSR count). The molecule has 108 valence electrons. The lowest BCUT2D eigenvalue weighted by Gasteiger charge is -2.05. The van der Waals surface area contributed by atoms with Crippen LogP contribution in [0.15, 0.2) is 57.7 Å². The van der Waals surface area contributed by atoms with E-state index in [0.717, 1.165) is 16.6 Å². The second-order valence-electron chi connectivity index (χ2n) is 5.20. The number of anilines is 1. The number of nitrogens with zero attached hydrogens (tertiary/aromatic N) is 2. The molecule has 0 fully saturated rings. The number of benzene rings is 2. The third-order valence-corrected chi connectivity index (χ3v) is 3.75. The minimum absolute atomic E-state index is 0.368. The highest BCUT2D eigenvalue weighted by Gasteiger charge is 2.17. The third kappa shape index (κ3) is 1.72. The van der Waals surface area contributed by atoms with Gasteiger partial charge in [-0.25, -0.2) is 9.48 Å². The lowest BCUT2D eigenvalue weighted by Crippen LogP contribution is -2.01. The molecule has 0 unspecified atom stereocenters. The van der Waals surface area contributed by atoms with E-state index in [1.54, 1.807) is 10.7 Å². The van der Waals surface area contributed by atoms with Gasteiger partial charge in [-0.2, -0.15) is 5.10 Å². The SMILES string of the molecule is Cc1nn(-c2ccc(N)cc2)c2c1c(=O)oc1ccccc12. The van der Waals surface area contributed by atoms with E-state index in [4.69, 9.17) is 10.2 Å². The second-order valence-corrected chi connectivity index (χ2v) is 5.20. The van der Waals surface area contributed by atoms with Gasteiger partial charge in [-0.3, -0.25) is 0 Å². The van der Waals surface area contributed by atoms with Crippen molar-refractivity contribution < 1.29 is 4.42 Å². The van der Waals surface area contributed by atoms with Crippen molar-refractivity contribution in [3.63, 3.8) is 0 Å². The molecule has 2 aromatic carbocycles. The summed E-state index contributed by atoms with van der Waals surface area (Å²) in [6.45, 7) is 1.81. The molecule has 2 aromatic heterocycles. The summed E-state index contributed by atoms with van der Waals surface area (Å²) in [6, 6.07) is 14.8. The highest BCUT2D eigenvalue weighted by Crippen LogP contribution is 2.27. The largest absolute Gasteiger partial charge is 0.422 e. The van der Waals surface area contributed by atoms with Gasteiger partial charge in [0.15, 0.2) is 0 Å². The molecule has 0 aliphatic heterocycles. The molecule has 5 nitrogen and oxygen atoms in total. The van der Waals surface area contributed by atoms with Gasteiger partial charge in [0, 0.05) is 11.1 Å². The molecular weight excluding hydrogens is 278 g/mol. The average Bonchev–Trinajstić information content (AvgIpc) is 2.87. The van der Waals surface area contributed by atoms with Crippen LogP contribution >= 0.6 is 0 Å². The van der Waals surface area contributed by atoms with Crippen LogP contribution in [0, 0.1) is 6.92 Å². The summed E-state index contributed by atoms with van der Waals surface area (Å²) in [5.74, 6) is 0. The summed E-state index contributed by atoms with van der Waals surface area (Å²) in [6.07, 6.45) is 0. The van der Waals surface area contributed by atoms with E-state index < -0.39 is 0 Å². The smallest absolute Gasteiger partial charge is 0.347 e. The second kappa shape index (κ2) is 4.46. The molecule has 0 atom stereocenters. The Morgan fingerprint density at radius 1 is 1.09 bits per heavy atom. The standard InChI is InChI=1S/C17H13N3O2/c1-10-15-16(13-4-2-3-5-14(13)22-17(15)21)20(19-10)12-8-6-11(18)7-9-12/h2-9H,18H2,1H3. The molecule has 5 heteroatoms. The maximum atomic E-state index is 12.3. The Bertz CT molecular complexity index is 1060. The van der Waals surface area contributed by atoms with Crippen molar-refractivity contribution in [2.75, 3.05) is 5.73 Å². The number of fused-ring (bicyclic) bond motifs is 3. The Labute approximate surface area is 125 Å². The molecule has 0 radical (unpaired) electrons. The van der Waals surface area contributed by atoms with Crippen LogP contribution in [-0.4, -0.2) is 9.78 Å². The number of hydrogen-bond acceptors (Lipinski definition) is 4. The van der Waals surface area contributed by atoms with Crippen LogP contribution in [0.25, 0.3) is 27.6 Å². The van der Waals surface area contributed by atoms with Crippen molar-refractivity contribution in [3.05, 3.63) is 64.6 Å². The van der Waals surface area contributed by atoms with Crippen molar-refractivity contribution >= 4 is 27.6 Å². The van der Waals surface area contributed by atoms with Gasteiger partial charge in [0.05, 0.1) is 16.9 Å². The molecule has 0 saturated carbocycles. The van der Waals surface area contributed by atoms with Crippen LogP contribution < -0.4 is 11.4 Å². The van der Waals surface area contributed by atoms with E-state index in [0.29, 0.717) is 22.4 Å². The Morgan fingerprint density at radius 2 is 1.82 bits per heavy atom. The summed E-state index contributed by atoms with van der Waals surface area (Å²) in [5, 5.41) is 5.88. The molecule has 0 saturated heterocycles. The minimum Gasteiger partial charge on any atom is -0.422 e. The maximum Gasteiger partial charge on any atom is 0.347 e. The Morgan fingerprint density at radius 3 is 2.59 bits per heavy atom. The van der Waals surface area contributed by atoms with Gasteiger partial charge >= 0.3 is 5.63 Å². The average molecular weight is 291 g/mol. The lowest BCUT2D eigenvalue weighted by molar-refractivity contribution is 0.569. The Hall–Kier alpha value is -3.08. The van der Waals surface area contributed by atoms with E-state index >= 15 is 0 Å². The quantitative estimate of drug-likeness (QED) is 0.432. The highest BCUT2D eigenvalue weighted by molar-refractivity contribution is 6.03. The maximum absolute atomic E-state index is 12.3. The number of hydrogen-bond donors (Lipinski definition) is 1. The van der Waals surface area contributed by atoms with Crippen LogP contribution in [0.4, 0.5) is 5.69 Å². The van der Waals surface area contributed by atoms with Gasteiger partial charge < -0.3 is 10.2 Å². The van der Waals surface area contributed by atoms with E-state index in [9.17, 15) is 4.79 Å². The monoisotopic (exact) mass is 291 g/mol. The van der Waals surface area contributed by atoms with E-state index in [1.807, 2.05) is 49.4 Å². The van der Waals surface area contributed by atoms with Gasteiger partial charge in [-0.15, -0.1) is 0 Å². The van der Waals surface area contributed by atoms with Crippen molar-refractivity contribution in [2.24, 2.45) is 0 Å².